The van der Waals surface area contributed by atoms with Crippen molar-refractivity contribution in [3.63, 3.8) is 0 Å². The molecule has 96 valence electrons. The third kappa shape index (κ3) is 1.96. The fourth-order valence-electron chi connectivity index (χ4n) is 1.86. The van der Waals surface area contributed by atoms with Crippen molar-refractivity contribution in [3.8, 4) is 10.7 Å². The zero-order chi connectivity index (χ0) is 12.9. The molecule has 1 aliphatic carbocycles. The first kappa shape index (κ1) is 11.8. The van der Waals surface area contributed by atoms with E-state index < -0.39 is 10.0 Å². The summed E-state index contributed by atoms with van der Waals surface area (Å²) in [7, 11) is -3.82. The number of aryl methyl sites for hydroxylation is 1. The van der Waals surface area contributed by atoms with Crippen LogP contribution in [0.3, 0.4) is 0 Å². The van der Waals surface area contributed by atoms with Crippen LogP contribution in [0.15, 0.2) is 17.3 Å². The molecule has 0 amide bonds. The number of primary sulfonamides is 1. The average Bonchev–Trinajstić information content (AvgIpc) is 2.85. The number of nitrogens with zero attached hydrogens (tertiary/aromatic N) is 3. The van der Waals surface area contributed by atoms with E-state index in [9.17, 15) is 8.42 Å². The molecule has 2 N–H and O–H groups in total. The number of hydrogen-bond acceptors (Lipinski definition) is 5. The van der Waals surface area contributed by atoms with Gasteiger partial charge in [-0.2, -0.15) is 0 Å². The highest BCUT2D eigenvalue weighted by Crippen LogP contribution is 2.40. The van der Waals surface area contributed by atoms with E-state index in [1.807, 2.05) is 19.1 Å². The van der Waals surface area contributed by atoms with Gasteiger partial charge in [-0.25, -0.2) is 13.6 Å². The lowest BCUT2D eigenvalue weighted by Gasteiger charge is -2.05. The van der Waals surface area contributed by atoms with Gasteiger partial charge in [0.1, 0.15) is 0 Å². The van der Waals surface area contributed by atoms with Crippen LogP contribution in [0.1, 0.15) is 23.8 Å². The Balaban J connectivity index is 2.19. The van der Waals surface area contributed by atoms with Crippen molar-refractivity contribution in [1.29, 1.82) is 0 Å². The molecule has 2 aromatic rings. The molecule has 0 aliphatic heterocycles. The number of aromatic nitrogens is 3. The fraction of sp³-hybridized carbons (Fsp3) is 0.400. The first-order chi connectivity index (χ1) is 8.47. The number of sulfonamides is 1. The molecule has 0 spiro atoms. The monoisotopic (exact) mass is 284 g/mol. The predicted molar refractivity (Wildman–Crippen MR) is 67.7 cm³/mol. The second-order valence-corrected chi connectivity index (χ2v) is 7.11. The Kier molecular flexibility index (Phi) is 2.54. The van der Waals surface area contributed by atoms with Crippen molar-refractivity contribution in [2.45, 2.75) is 31.0 Å². The van der Waals surface area contributed by atoms with Gasteiger partial charge in [-0.3, -0.25) is 4.57 Å². The van der Waals surface area contributed by atoms with E-state index >= 15 is 0 Å². The Morgan fingerprint density at radius 3 is 2.61 bits per heavy atom. The lowest BCUT2D eigenvalue weighted by molar-refractivity contribution is 0.567. The zero-order valence-electron chi connectivity index (χ0n) is 9.70. The molecular weight excluding hydrogens is 272 g/mol. The maximum absolute atomic E-state index is 11.5. The average molecular weight is 284 g/mol. The molecule has 8 heteroatoms. The van der Waals surface area contributed by atoms with Crippen molar-refractivity contribution in [2.24, 2.45) is 5.14 Å². The quantitative estimate of drug-likeness (QED) is 0.919. The molecule has 0 radical (unpaired) electrons. The van der Waals surface area contributed by atoms with Crippen LogP contribution in [0.2, 0.25) is 0 Å². The van der Waals surface area contributed by atoms with E-state index in [1.54, 1.807) is 15.9 Å². The Bertz CT molecular complexity index is 697. The highest BCUT2D eigenvalue weighted by molar-refractivity contribution is 7.89. The molecule has 1 aliphatic rings. The summed E-state index contributed by atoms with van der Waals surface area (Å²) < 4.78 is 24.6. The van der Waals surface area contributed by atoms with Gasteiger partial charge < -0.3 is 0 Å². The minimum absolute atomic E-state index is 0.133. The first-order valence-electron chi connectivity index (χ1n) is 5.51. The number of nitrogens with two attached hydrogens (primary N) is 1. The van der Waals surface area contributed by atoms with Crippen LogP contribution < -0.4 is 5.14 Å². The van der Waals surface area contributed by atoms with E-state index in [0.29, 0.717) is 5.82 Å². The Hall–Kier alpha value is -1.25. The summed E-state index contributed by atoms with van der Waals surface area (Å²) in [5.41, 5.74) is 0. The van der Waals surface area contributed by atoms with E-state index in [0.717, 1.165) is 22.6 Å². The summed E-state index contributed by atoms with van der Waals surface area (Å²) in [6.45, 7) is 1.99. The van der Waals surface area contributed by atoms with Crippen molar-refractivity contribution >= 4 is 21.4 Å². The molecule has 0 atom stereocenters. The van der Waals surface area contributed by atoms with Gasteiger partial charge in [-0.05, 0) is 31.9 Å². The van der Waals surface area contributed by atoms with Crippen LogP contribution in [0.25, 0.3) is 10.7 Å². The van der Waals surface area contributed by atoms with E-state index in [-0.39, 0.29) is 11.2 Å². The van der Waals surface area contributed by atoms with Crippen LogP contribution in [-0.4, -0.2) is 23.2 Å². The van der Waals surface area contributed by atoms with Crippen LogP contribution in [0.4, 0.5) is 0 Å². The first-order valence-corrected chi connectivity index (χ1v) is 7.87. The predicted octanol–water partition coefficient (Wildman–Crippen LogP) is 1.30. The van der Waals surface area contributed by atoms with Crippen molar-refractivity contribution < 1.29 is 8.42 Å². The summed E-state index contributed by atoms with van der Waals surface area (Å²) in [5.74, 6) is 0.597. The summed E-state index contributed by atoms with van der Waals surface area (Å²) in [5, 5.41) is 12.8. The van der Waals surface area contributed by atoms with Crippen LogP contribution in [-0.2, 0) is 10.0 Å². The fourth-order valence-corrected chi connectivity index (χ4v) is 3.37. The highest BCUT2D eigenvalue weighted by Gasteiger charge is 2.33. The van der Waals surface area contributed by atoms with Gasteiger partial charge in [0.15, 0.2) is 5.82 Å². The zero-order valence-corrected chi connectivity index (χ0v) is 11.3. The SMILES string of the molecule is Cc1ccc(-c2nnc(S(N)(=O)=O)n2C2CC2)s1. The largest absolute Gasteiger partial charge is 0.293 e. The highest BCUT2D eigenvalue weighted by atomic mass is 32.2. The molecule has 1 saturated carbocycles. The van der Waals surface area contributed by atoms with Gasteiger partial charge in [0, 0.05) is 10.9 Å². The molecular formula is C10H12N4O2S2. The molecule has 2 aromatic heterocycles. The Morgan fingerprint density at radius 2 is 2.11 bits per heavy atom. The van der Waals surface area contributed by atoms with Crippen molar-refractivity contribution in [3.05, 3.63) is 17.0 Å². The molecule has 0 unspecified atom stereocenters. The van der Waals surface area contributed by atoms with Crippen LogP contribution in [0.5, 0.6) is 0 Å². The molecule has 0 bridgehead atoms. The second kappa shape index (κ2) is 3.87. The second-order valence-electron chi connectivity index (χ2n) is 4.36. The normalized spacial score (nSPS) is 16.1. The van der Waals surface area contributed by atoms with E-state index in [4.69, 9.17) is 5.14 Å². The smallest absolute Gasteiger partial charge is 0.273 e. The standard InChI is InChI=1S/C10H12N4O2S2/c1-6-2-5-8(17-6)9-12-13-10(18(11,15)16)14(9)7-3-4-7/h2,5,7H,3-4H2,1H3,(H2,11,15,16). The van der Waals surface area contributed by atoms with Gasteiger partial charge in [0.25, 0.3) is 15.2 Å². The molecule has 18 heavy (non-hydrogen) atoms. The summed E-state index contributed by atoms with van der Waals surface area (Å²) in [6, 6.07) is 4.06. The number of thiophene rings is 1. The number of rotatable bonds is 3. The lowest BCUT2D eigenvalue weighted by Crippen LogP contribution is -2.18. The molecule has 2 heterocycles. The summed E-state index contributed by atoms with van der Waals surface area (Å²) in [6.07, 6.45) is 1.88. The van der Waals surface area contributed by atoms with Gasteiger partial charge in [-0.1, -0.05) is 0 Å². The maximum Gasteiger partial charge on any atom is 0.273 e. The Morgan fingerprint density at radius 1 is 1.39 bits per heavy atom. The summed E-state index contributed by atoms with van der Waals surface area (Å²) in [4.78, 5) is 2.06. The lowest BCUT2D eigenvalue weighted by atomic mass is 10.4. The van der Waals surface area contributed by atoms with Crippen molar-refractivity contribution in [2.75, 3.05) is 0 Å². The van der Waals surface area contributed by atoms with E-state index in [2.05, 4.69) is 10.2 Å². The van der Waals surface area contributed by atoms with Crippen molar-refractivity contribution in [1.82, 2.24) is 14.8 Å². The van der Waals surface area contributed by atoms with Gasteiger partial charge in [-0.15, -0.1) is 21.5 Å². The molecule has 0 saturated heterocycles. The van der Waals surface area contributed by atoms with Gasteiger partial charge in [0.2, 0.25) is 0 Å². The topological polar surface area (TPSA) is 90.9 Å². The minimum Gasteiger partial charge on any atom is -0.293 e. The number of hydrogen-bond donors (Lipinski definition) is 1. The molecule has 6 nitrogen and oxygen atoms in total. The van der Waals surface area contributed by atoms with Crippen LogP contribution in [0, 0.1) is 6.92 Å². The van der Waals surface area contributed by atoms with Gasteiger partial charge >= 0.3 is 0 Å². The third-order valence-electron chi connectivity index (χ3n) is 2.79. The molecule has 0 aromatic carbocycles. The minimum atomic E-state index is -3.82. The van der Waals surface area contributed by atoms with Gasteiger partial charge in [0.05, 0.1) is 4.88 Å². The Labute approximate surface area is 109 Å². The third-order valence-corrected chi connectivity index (χ3v) is 4.58. The van der Waals surface area contributed by atoms with Crippen LogP contribution >= 0.6 is 11.3 Å². The van der Waals surface area contributed by atoms with E-state index in [1.165, 1.54) is 0 Å². The molecule has 1 fully saturated rings. The summed E-state index contributed by atoms with van der Waals surface area (Å²) >= 11 is 1.57. The molecule has 3 rings (SSSR count). The maximum atomic E-state index is 11.5.